The normalized spacial score (nSPS) is 9.80. The van der Waals surface area contributed by atoms with Crippen molar-refractivity contribution >= 4 is 21.6 Å². The van der Waals surface area contributed by atoms with Crippen LogP contribution >= 0.6 is 15.9 Å². The Hall–Kier alpha value is -2.39. The van der Waals surface area contributed by atoms with Crippen LogP contribution in [0.4, 0.5) is 5.69 Å². The summed E-state index contributed by atoms with van der Waals surface area (Å²) < 4.78 is 5.95. The molecule has 0 saturated carbocycles. The highest BCUT2D eigenvalue weighted by Crippen LogP contribution is 2.26. The van der Waals surface area contributed by atoms with Crippen LogP contribution in [0.25, 0.3) is 0 Å². The van der Waals surface area contributed by atoms with E-state index in [1.165, 1.54) is 6.07 Å². The van der Waals surface area contributed by atoms with E-state index in [-0.39, 0.29) is 12.3 Å². The van der Waals surface area contributed by atoms with Crippen molar-refractivity contribution in [2.24, 2.45) is 0 Å². The molecule has 0 N–H and O–H groups in total. The fourth-order valence-corrected chi connectivity index (χ4v) is 1.97. The molecule has 100 valence electrons. The van der Waals surface area contributed by atoms with E-state index < -0.39 is 4.92 Å². The van der Waals surface area contributed by atoms with E-state index in [1.807, 2.05) is 6.07 Å². The molecule has 5 nitrogen and oxygen atoms in total. The molecule has 0 unspecified atom stereocenters. The molecule has 0 aliphatic carbocycles. The largest absolute Gasteiger partial charge is 0.489 e. The first-order chi connectivity index (χ1) is 9.60. The fraction of sp³-hybridized carbons (Fsp3) is 0.0714. The lowest BCUT2D eigenvalue weighted by Gasteiger charge is -2.06. The van der Waals surface area contributed by atoms with Crippen molar-refractivity contribution in [3.8, 4) is 11.8 Å². The number of halogens is 1. The van der Waals surface area contributed by atoms with Crippen molar-refractivity contribution in [3.05, 3.63) is 68.2 Å². The van der Waals surface area contributed by atoms with E-state index in [2.05, 4.69) is 15.9 Å². The summed E-state index contributed by atoms with van der Waals surface area (Å²) >= 11 is 3.13. The van der Waals surface area contributed by atoms with Crippen LogP contribution in [-0.2, 0) is 6.61 Å². The zero-order chi connectivity index (χ0) is 14.5. The number of rotatable bonds is 4. The Balaban J connectivity index is 2.09. The average Bonchev–Trinajstić information content (AvgIpc) is 2.46. The van der Waals surface area contributed by atoms with Crippen LogP contribution in [0.15, 0.2) is 46.9 Å². The van der Waals surface area contributed by atoms with Crippen LogP contribution in [-0.4, -0.2) is 4.92 Å². The summed E-state index contributed by atoms with van der Waals surface area (Å²) in [6.45, 7) is 0.222. The smallest absolute Gasteiger partial charge is 0.283 e. The van der Waals surface area contributed by atoms with Gasteiger partial charge in [-0.25, -0.2) is 0 Å². The molecule has 0 fully saturated rings. The predicted molar refractivity (Wildman–Crippen MR) is 76.3 cm³/mol. The minimum atomic E-state index is -0.449. The van der Waals surface area contributed by atoms with Crippen molar-refractivity contribution in [3.63, 3.8) is 0 Å². The van der Waals surface area contributed by atoms with Crippen molar-refractivity contribution in [1.82, 2.24) is 0 Å². The third-order valence-corrected chi connectivity index (χ3v) is 3.27. The molecule has 0 heterocycles. The maximum Gasteiger partial charge on any atom is 0.283 e. The Kier molecular flexibility index (Phi) is 4.33. The van der Waals surface area contributed by atoms with Gasteiger partial charge in [-0.1, -0.05) is 6.07 Å². The number of ether oxygens (including phenoxy) is 1. The Morgan fingerprint density at radius 1 is 1.25 bits per heavy atom. The monoisotopic (exact) mass is 332 g/mol. The van der Waals surface area contributed by atoms with Crippen LogP contribution in [0.2, 0.25) is 0 Å². The summed E-state index contributed by atoms with van der Waals surface area (Å²) in [6.07, 6.45) is 0. The first kappa shape index (κ1) is 14.0. The van der Waals surface area contributed by atoms with Crippen molar-refractivity contribution in [2.75, 3.05) is 0 Å². The highest BCUT2D eigenvalue weighted by Gasteiger charge is 2.12. The van der Waals surface area contributed by atoms with Gasteiger partial charge in [-0.3, -0.25) is 10.1 Å². The van der Waals surface area contributed by atoms with Crippen molar-refractivity contribution < 1.29 is 9.66 Å². The van der Waals surface area contributed by atoms with E-state index in [0.29, 0.717) is 21.3 Å². The molecule has 0 bridgehead atoms. The Labute approximate surface area is 123 Å². The summed E-state index contributed by atoms with van der Waals surface area (Å²) in [7, 11) is 0. The van der Waals surface area contributed by atoms with Gasteiger partial charge in [0.25, 0.3) is 5.69 Å². The molecule has 0 aliphatic heterocycles. The second kappa shape index (κ2) is 6.17. The summed E-state index contributed by atoms with van der Waals surface area (Å²) in [5.74, 6) is 0.606. The summed E-state index contributed by atoms with van der Waals surface area (Å²) in [5, 5.41) is 19.5. The minimum absolute atomic E-state index is 0.00549. The van der Waals surface area contributed by atoms with Crippen LogP contribution in [0.1, 0.15) is 11.1 Å². The topological polar surface area (TPSA) is 76.2 Å². The van der Waals surface area contributed by atoms with Gasteiger partial charge in [-0.05, 0) is 51.8 Å². The van der Waals surface area contributed by atoms with Gasteiger partial charge in [0.2, 0.25) is 0 Å². The lowest BCUT2D eigenvalue weighted by Crippen LogP contribution is -1.97. The van der Waals surface area contributed by atoms with Crippen LogP contribution in [0, 0.1) is 21.4 Å². The number of nitriles is 1. The molecule has 0 aliphatic rings. The quantitative estimate of drug-likeness (QED) is 0.630. The molecule has 20 heavy (non-hydrogen) atoms. The Morgan fingerprint density at radius 2 is 1.95 bits per heavy atom. The predicted octanol–water partition coefficient (Wildman–Crippen LogP) is 3.81. The standard InChI is InChI=1S/C14H9BrN2O3/c15-13-6-3-11(7-14(13)17(18)19)9-20-12-4-1-10(8-16)2-5-12/h1-7H,9H2. The van der Waals surface area contributed by atoms with E-state index in [9.17, 15) is 10.1 Å². The van der Waals surface area contributed by atoms with Crippen LogP contribution in [0.5, 0.6) is 5.75 Å². The number of benzene rings is 2. The molecule has 2 aromatic rings. The third-order valence-electron chi connectivity index (χ3n) is 2.60. The van der Waals surface area contributed by atoms with E-state index in [4.69, 9.17) is 10.00 Å². The zero-order valence-electron chi connectivity index (χ0n) is 10.2. The van der Waals surface area contributed by atoms with Gasteiger partial charge in [-0.15, -0.1) is 0 Å². The Bertz CT molecular complexity index is 678. The molecule has 2 aromatic carbocycles. The van der Waals surface area contributed by atoms with Crippen molar-refractivity contribution in [2.45, 2.75) is 6.61 Å². The lowest BCUT2D eigenvalue weighted by atomic mass is 10.2. The van der Waals surface area contributed by atoms with E-state index in [0.717, 1.165) is 0 Å². The van der Waals surface area contributed by atoms with Gasteiger partial charge in [0.15, 0.2) is 0 Å². The van der Waals surface area contributed by atoms with E-state index >= 15 is 0 Å². The van der Waals surface area contributed by atoms with Crippen molar-refractivity contribution in [1.29, 1.82) is 5.26 Å². The van der Waals surface area contributed by atoms with Gasteiger partial charge < -0.3 is 4.74 Å². The summed E-state index contributed by atoms with van der Waals surface area (Å²) in [4.78, 5) is 10.4. The Morgan fingerprint density at radius 3 is 2.55 bits per heavy atom. The van der Waals surface area contributed by atoms with E-state index in [1.54, 1.807) is 36.4 Å². The van der Waals surface area contributed by atoms with Gasteiger partial charge in [0, 0.05) is 6.07 Å². The number of hydrogen-bond donors (Lipinski definition) is 0. The van der Waals surface area contributed by atoms with Gasteiger partial charge >= 0.3 is 0 Å². The SMILES string of the molecule is N#Cc1ccc(OCc2ccc(Br)c([N+](=O)[O-])c2)cc1. The molecular formula is C14H9BrN2O3. The first-order valence-electron chi connectivity index (χ1n) is 5.66. The molecule has 0 amide bonds. The second-order valence-electron chi connectivity index (χ2n) is 3.97. The molecule has 6 heteroatoms. The molecule has 0 radical (unpaired) electrons. The number of nitrogens with zero attached hydrogens (tertiary/aromatic N) is 2. The molecule has 0 aromatic heterocycles. The van der Waals surface area contributed by atoms with Gasteiger partial charge in [0.1, 0.15) is 12.4 Å². The van der Waals surface area contributed by atoms with Gasteiger partial charge in [0.05, 0.1) is 21.0 Å². The van der Waals surface area contributed by atoms with Crippen LogP contribution in [0.3, 0.4) is 0 Å². The lowest BCUT2D eigenvalue weighted by molar-refractivity contribution is -0.385. The highest BCUT2D eigenvalue weighted by atomic mass is 79.9. The fourth-order valence-electron chi connectivity index (χ4n) is 1.58. The molecule has 0 saturated heterocycles. The van der Waals surface area contributed by atoms with Crippen LogP contribution < -0.4 is 4.74 Å². The number of nitro benzene ring substituents is 1. The molecule has 0 spiro atoms. The number of hydrogen-bond acceptors (Lipinski definition) is 4. The minimum Gasteiger partial charge on any atom is -0.489 e. The molecule has 2 rings (SSSR count). The maximum absolute atomic E-state index is 10.8. The summed E-state index contributed by atoms with van der Waals surface area (Å²) in [5.41, 5.74) is 1.26. The molecule has 0 atom stereocenters. The zero-order valence-corrected chi connectivity index (χ0v) is 11.8. The summed E-state index contributed by atoms with van der Waals surface area (Å²) in [6, 6.07) is 13.5. The molecular weight excluding hydrogens is 324 g/mol. The second-order valence-corrected chi connectivity index (χ2v) is 4.82. The third kappa shape index (κ3) is 3.33. The highest BCUT2D eigenvalue weighted by molar-refractivity contribution is 9.10. The first-order valence-corrected chi connectivity index (χ1v) is 6.45. The maximum atomic E-state index is 10.8. The van der Waals surface area contributed by atoms with Gasteiger partial charge in [-0.2, -0.15) is 5.26 Å². The average molecular weight is 333 g/mol. The number of nitro groups is 1.